The first-order valence-corrected chi connectivity index (χ1v) is 8.73. The third-order valence-corrected chi connectivity index (χ3v) is 4.75. The lowest BCUT2D eigenvalue weighted by Crippen LogP contribution is -2.43. The van der Waals surface area contributed by atoms with E-state index in [0.29, 0.717) is 31.1 Å². The fourth-order valence-electron chi connectivity index (χ4n) is 3.45. The average Bonchev–Trinajstić information content (AvgIpc) is 3.35. The van der Waals surface area contributed by atoms with Crippen molar-refractivity contribution in [1.29, 1.82) is 0 Å². The highest BCUT2D eigenvalue weighted by Crippen LogP contribution is 2.27. The summed E-state index contributed by atoms with van der Waals surface area (Å²) in [5, 5.41) is 3.87. The van der Waals surface area contributed by atoms with Gasteiger partial charge in [0.25, 0.3) is 5.91 Å². The summed E-state index contributed by atoms with van der Waals surface area (Å²) in [6.45, 7) is 1.35. The lowest BCUT2D eigenvalue weighted by Gasteiger charge is -2.33. The molecule has 25 heavy (non-hydrogen) atoms. The SMILES string of the molecule is O=C(c1cccc(OC2CCCC2)c1)N1CCOCC1c1ncon1. The van der Waals surface area contributed by atoms with E-state index in [-0.39, 0.29) is 18.1 Å². The largest absolute Gasteiger partial charge is 0.490 e. The molecule has 0 bridgehead atoms. The fraction of sp³-hybridized carbons (Fsp3) is 0.500. The highest BCUT2D eigenvalue weighted by Gasteiger charge is 2.32. The fourth-order valence-corrected chi connectivity index (χ4v) is 3.45. The van der Waals surface area contributed by atoms with Gasteiger partial charge in [-0.1, -0.05) is 11.2 Å². The molecule has 1 saturated carbocycles. The van der Waals surface area contributed by atoms with Gasteiger partial charge >= 0.3 is 0 Å². The second kappa shape index (κ2) is 7.23. The zero-order chi connectivity index (χ0) is 17.1. The summed E-state index contributed by atoms with van der Waals surface area (Å²) >= 11 is 0. The van der Waals surface area contributed by atoms with Gasteiger partial charge in [-0.15, -0.1) is 0 Å². The summed E-state index contributed by atoms with van der Waals surface area (Å²) < 4.78 is 16.3. The number of morpholine rings is 1. The molecule has 2 aliphatic rings. The number of carbonyl (C=O) groups is 1. The van der Waals surface area contributed by atoms with Gasteiger partial charge < -0.3 is 18.9 Å². The van der Waals surface area contributed by atoms with E-state index in [2.05, 4.69) is 10.1 Å². The normalized spacial score (nSPS) is 21.4. The van der Waals surface area contributed by atoms with Gasteiger partial charge in [0.05, 0.1) is 19.3 Å². The van der Waals surface area contributed by atoms with E-state index in [1.807, 2.05) is 24.3 Å². The Kier molecular flexibility index (Phi) is 4.65. The van der Waals surface area contributed by atoms with Crippen molar-refractivity contribution in [2.45, 2.75) is 37.8 Å². The minimum atomic E-state index is -0.334. The Bertz CT molecular complexity index is 713. The lowest BCUT2D eigenvalue weighted by molar-refractivity contribution is -0.00579. The molecule has 0 spiro atoms. The van der Waals surface area contributed by atoms with Crippen LogP contribution < -0.4 is 4.74 Å². The van der Waals surface area contributed by atoms with E-state index in [4.69, 9.17) is 14.0 Å². The molecule has 1 amide bonds. The number of hydrogen-bond acceptors (Lipinski definition) is 6. The highest BCUT2D eigenvalue weighted by molar-refractivity contribution is 5.95. The van der Waals surface area contributed by atoms with Crippen molar-refractivity contribution in [3.05, 3.63) is 42.0 Å². The molecule has 1 aromatic carbocycles. The van der Waals surface area contributed by atoms with Crippen LogP contribution in [0.3, 0.4) is 0 Å². The van der Waals surface area contributed by atoms with Crippen LogP contribution in [-0.2, 0) is 4.74 Å². The van der Waals surface area contributed by atoms with Crippen molar-refractivity contribution in [2.24, 2.45) is 0 Å². The van der Waals surface area contributed by atoms with Crippen LogP contribution in [0.25, 0.3) is 0 Å². The Hall–Kier alpha value is -2.41. The Balaban J connectivity index is 1.52. The predicted molar refractivity (Wildman–Crippen MR) is 88.2 cm³/mol. The van der Waals surface area contributed by atoms with Gasteiger partial charge in [-0.25, -0.2) is 0 Å². The molecule has 1 saturated heterocycles. The Labute approximate surface area is 145 Å². The van der Waals surface area contributed by atoms with Gasteiger partial charge in [0.15, 0.2) is 5.82 Å². The van der Waals surface area contributed by atoms with Crippen LogP contribution in [0.15, 0.2) is 35.2 Å². The van der Waals surface area contributed by atoms with Crippen LogP contribution in [-0.4, -0.2) is 46.8 Å². The molecule has 1 aromatic heterocycles. The van der Waals surface area contributed by atoms with Crippen LogP contribution >= 0.6 is 0 Å². The zero-order valence-corrected chi connectivity index (χ0v) is 14.0. The van der Waals surface area contributed by atoms with Gasteiger partial charge in [-0.2, -0.15) is 4.98 Å². The first-order chi connectivity index (χ1) is 12.3. The van der Waals surface area contributed by atoms with Gasteiger partial charge in [0, 0.05) is 12.1 Å². The number of carbonyl (C=O) groups excluding carboxylic acids is 1. The second-order valence-corrected chi connectivity index (χ2v) is 6.43. The molecule has 0 N–H and O–H groups in total. The number of aromatic nitrogens is 2. The summed E-state index contributed by atoms with van der Waals surface area (Å²) in [5.41, 5.74) is 0.603. The lowest BCUT2D eigenvalue weighted by atomic mass is 10.1. The summed E-state index contributed by atoms with van der Waals surface area (Å²) in [7, 11) is 0. The van der Waals surface area contributed by atoms with E-state index in [1.54, 1.807) is 4.90 Å². The quantitative estimate of drug-likeness (QED) is 0.849. The van der Waals surface area contributed by atoms with Gasteiger partial charge in [0.1, 0.15) is 11.8 Å². The van der Waals surface area contributed by atoms with Crippen molar-refractivity contribution in [2.75, 3.05) is 19.8 Å². The molecular weight excluding hydrogens is 322 g/mol. The van der Waals surface area contributed by atoms with E-state index < -0.39 is 0 Å². The molecule has 2 heterocycles. The molecule has 4 rings (SSSR count). The molecule has 0 radical (unpaired) electrons. The summed E-state index contributed by atoms with van der Waals surface area (Å²) in [6, 6.07) is 7.07. The maximum absolute atomic E-state index is 13.0. The smallest absolute Gasteiger partial charge is 0.254 e. The molecule has 2 fully saturated rings. The van der Waals surface area contributed by atoms with Gasteiger partial charge in [-0.05, 0) is 43.9 Å². The number of amides is 1. The van der Waals surface area contributed by atoms with Crippen molar-refractivity contribution in [3.8, 4) is 5.75 Å². The van der Waals surface area contributed by atoms with Crippen LogP contribution in [0.4, 0.5) is 0 Å². The Morgan fingerprint density at radius 2 is 2.16 bits per heavy atom. The Morgan fingerprint density at radius 3 is 2.96 bits per heavy atom. The van der Waals surface area contributed by atoms with Crippen molar-refractivity contribution in [1.82, 2.24) is 15.0 Å². The standard InChI is InChI=1S/C18H21N3O4/c22-18(21-8-9-23-11-16(21)17-19-12-24-20-17)13-4-3-7-15(10-13)25-14-5-1-2-6-14/h3-4,7,10,12,14,16H,1-2,5-6,8-9,11H2. The monoisotopic (exact) mass is 343 g/mol. The van der Waals surface area contributed by atoms with Gasteiger partial charge in [-0.3, -0.25) is 4.79 Å². The summed E-state index contributed by atoms with van der Waals surface area (Å²) in [5.74, 6) is 1.14. The zero-order valence-electron chi connectivity index (χ0n) is 14.0. The van der Waals surface area contributed by atoms with Gasteiger partial charge in [0.2, 0.25) is 6.39 Å². The van der Waals surface area contributed by atoms with Crippen molar-refractivity contribution in [3.63, 3.8) is 0 Å². The molecule has 1 aliphatic carbocycles. The van der Waals surface area contributed by atoms with Crippen LogP contribution in [0, 0.1) is 0 Å². The van der Waals surface area contributed by atoms with E-state index in [0.717, 1.165) is 18.6 Å². The highest BCUT2D eigenvalue weighted by atomic mass is 16.5. The molecule has 1 unspecified atom stereocenters. The third kappa shape index (κ3) is 3.51. The predicted octanol–water partition coefficient (Wildman–Crippen LogP) is 2.60. The molecule has 1 aliphatic heterocycles. The second-order valence-electron chi connectivity index (χ2n) is 6.43. The minimum absolute atomic E-state index is 0.0741. The number of benzene rings is 1. The maximum atomic E-state index is 13.0. The summed E-state index contributed by atoms with van der Waals surface area (Å²) in [4.78, 5) is 18.8. The minimum Gasteiger partial charge on any atom is -0.490 e. The summed E-state index contributed by atoms with van der Waals surface area (Å²) in [6.07, 6.45) is 6.12. The first kappa shape index (κ1) is 16.1. The van der Waals surface area contributed by atoms with Crippen LogP contribution in [0.5, 0.6) is 5.75 Å². The molecular formula is C18H21N3O4. The topological polar surface area (TPSA) is 77.7 Å². The molecule has 2 aromatic rings. The molecule has 7 nitrogen and oxygen atoms in total. The molecule has 1 atom stereocenters. The first-order valence-electron chi connectivity index (χ1n) is 8.73. The molecule has 132 valence electrons. The van der Waals surface area contributed by atoms with E-state index >= 15 is 0 Å². The number of ether oxygens (including phenoxy) is 2. The molecule has 7 heteroatoms. The number of nitrogens with zero attached hydrogens (tertiary/aromatic N) is 3. The Morgan fingerprint density at radius 1 is 1.28 bits per heavy atom. The van der Waals surface area contributed by atoms with Crippen LogP contribution in [0.1, 0.15) is 47.9 Å². The third-order valence-electron chi connectivity index (χ3n) is 4.75. The van der Waals surface area contributed by atoms with E-state index in [9.17, 15) is 4.79 Å². The van der Waals surface area contributed by atoms with Crippen LogP contribution in [0.2, 0.25) is 0 Å². The maximum Gasteiger partial charge on any atom is 0.254 e. The van der Waals surface area contributed by atoms with Crippen molar-refractivity contribution >= 4 is 5.91 Å². The number of rotatable bonds is 4. The van der Waals surface area contributed by atoms with Crippen molar-refractivity contribution < 1.29 is 18.8 Å². The van der Waals surface area contributed by atoms with E-state index in [1.165, 1.54) is 19.2 Å². The number of hydrogen-bond donors (Lipinski definition) is 0. The average molecular weight is 343 g/mol.